The van der Waals surface area contributed by atoms with Crippen LogP contribution in [0.1, 0.15) is 18.1 Å². The molecule has 0 bridgehead atoms. The lowest BCUT2D eigenvalue weighted by molar-refractivity contribution is -0.0924. The van der Waals surface area contributed by atoms with Crippen molar-refractivity contribution >= 4 is 5.69 Å². The summed E-state index contributed by atoms with van der Waals surface area (Å²) < 4.78 is 18.7. The fourth-order valence-electron chi connectivity index (χ4n) is 1.79. The van der Waals surface area contributed by atoms with Crippen molar-refractivity contribution in [2.75, 3.05) is 25.1 Å². The van der Waals surface area contributed by atoms with Gasteiger partial charge >= 0.3 is 0 Å². The van der Waals surface area contributed by atoms with Gasteiger partial charge in [-0.25, -0.2) is 4.39 Å². The second-order valence-electron chi connectivity index (χ2n) is 4.90. The molecule has 1 saturated heterocycles. The summed E-state index contributed by atoms with van der Waals surface area (Å²) in [4.78, 5) is 0. The Bertz CT molecular complexity index is 475. The molecule has 0 saturated carbocycles. The SMILES string of the molecule is Cc1c(F)cc(C#N)cc1NCC1(C)COC1. The first-order valence-electron chi connectivity index (χ1n) is 5.56. The number of hydrogen-bond acceptors (Lipinski definition) is 3. The highest BCUT2D eigenvalue weighted by atomic mass is 19.1. The first kappa shape index (κ1) is 11.9. The van der Waals surface area contributed by atoms with Crippen molar-refractivity contribution in [2.24, 2.45) is 5.41 Å². The summed E-state index contributed by atoms with van der Waals surface area (Å²) in [5.41, 5.74) is 1.69. The van der Waals surface area contributed by atoms with Gasteiger partial charge in [-0.1, -0.05) is 6.92 Å². The molecule has 1 aromatic carbocycles. The Labute approximate surface area is 100 Å². The van der Waals surface area contributed by atoms with Gasteiger partial charge in [0.25, 0.3) is 0 Å². The molecule has 2 rings (SSSR count). The van der Waals surface area contributed by atoms with E-state index >= 15 is 0 Å². The van der Waals surface area contributed by atoms with Crippen LogP contribution in [0.5, 0.6) is 0 Å². The van der Waals surface area contributed by atoms with E-state index < -0.39 is 0 Å². The summed E-state index contributed by atoms with van der Waals surface area (Å²) in [7, 11) is 0. The molecule has 0 amide bonds. The van der Waals surface area contributed by atoms with Crippen molar-refractivity contribution in [3.8, 4) is 6.07 Å². The maximum Gasteiger partial charge on any atom is 0.129 e. The van der Waals surface area contributed by atoms with E-state index in [1.807, 2.05) is 6.07 Å². The molecule has 1 aliphatic rings. The summed E-state index contributed by atoms with van der Waals surface area (Å²) in [5.74, 6) is -0.346. The number of hydrogen-bond donors (Lipinski definition) is 1. The average molecular weight is 234 g/mol. The Hall–Kier alpha value is -1.60. The molecule has 4 heteroatoms. The number of ether oxygens (including phenoxy) is 1. The topological polar surface area (TPSA) is 45.0 Å². The van der Waals surface area contributed by atoms with Gasteiger partial charge in [0.2, 0.25) is 0 Å². The van der Waals surface area contributed by atoms with Gasteiger partial charge in [0, 0.05) is 23.2 Å². The minimum atomic E-state index is -0.346. The highest BCUT2D eigenvalue weighted by molar-refractivity contribution is 5.56. The summed E-state index contributed by atoms with van der Waals surface area (Å²) in [5, 5.41) is 12.0. The zero-order valence-electron chi connectivity index (χ0n) is 10.0. The molecule has 0 atom stereocenters. The molecular formula is C13H15FN2O. The Balaban J connectivity index is 2.15. The van der Waals surface area contributed by atoms with Crippen molar-refractivity contribution in [3.63, 3.8) is 0 Å². The summed E-state index contributed by atoms with van der Waals surface area (Å²) in [6.45, 7) is 5.99. The Morgan fingerprint density at radius 1 is 1.53 bits per heavy atom. The molecule has 0 spiro atoms. The minimum Gasteiger partial charge on any atom is -0.384 e. The van der Waals surface area contributed by atoms with Crippen molar-refractivity contribution < 1.29 is 9.13 Å². The maximum absolute atomic E-state index is 13.5. The molecule has 0 unspecified atom stereocenters. The van der Waals surface area contributed by atoms with Gasteiger partial charge in [-0.05, 0) is 19.1 Å². The van der Waals surface area contributed by atoms with E-state index in [1.54, 1.807) is 13.0 Å². The molecule has 1 fully saturated rings. The van der Waals surface area contributed by atoms with Gasteiger partial charge in [0.1, 0.15) is 5.82 Å². The number of rotatable bonds is 3. The molecule has 1 aromatic rings. The summed E-state index contributed by atoms with van der Waals surface area (Å²) >= 11 is 0. The Morgan fingerprint density at radius 2 is 2.24 bits per heavy atom. The quantitative estimate of drug-likeness (QED) is 0.873. The first-order chi connectivity index (χ1) is 8.04. The van der Waals surface area contributed by atoms with Gasteiger partial charge in [-0.15, -0.1) is 0 Å². The molecule has 3 nitrogen and oxygen atoms in total. The fraction of sp³-hybridized carbons (Fsp3) is 0.462. The Morgan fingerprint density at radius 3 is 2.76 bits per heavy atom. The third-order valence-corrected chi connectivity index (χ3v) is 3.08. The van der Waals surface area contributed by atoms with Crippen molar-refractivity contribution in [1.82, 2.24) is 0 Å². The normalized spacial score (nSPS) is 17.1. The molecule has 0 aliphatic carbocycles. The van der Waals surface area contributed by atoms with Crippen LogP contribution in [0.4, 0.5) is 10.1 Å². The van der Waals surface area contributed by atoms with Crippen LogP contribution in [-0.4, -0.2) is 19.8 Å². The number of nitrogens with zero attached hydrogens (tertiary/aromatic N) is 1. The molecule has 17 heavy (non-hydrogen) atoms. The van der Waals surface area contributed by atoms with E-state index in [0.717, 1.165) is 19.8 Å². The summed E-state index contributed by atoms with van der Waals surface area (Å²) in [6, 6.07) is 4.90. The number of benzene rings is 1. The van der Waals surface area contributed by atoms with Crippen LogP contribution in [0.2, 0.25) is 0 Å². The van der Waals surface area contributed by atoms with Gasteiger partial charge in [-0.3, -0.25) is 0 Å². The lowest BCUT2D eigenvalue weighted by Gasteiger charge is -2.38. The smallest absolute Gasteiger partial charge is 0.129 e. The molecule has 1 N–H and O–H groups in total. The third-order valence-electron chi connectivity index (χ3n) is 3.08. The van der Waals surface area contributed by atoms with E-state index in [2.05, 4.69) is 12.2 Å². The predicted octanol–water partition coefficient (Wildman–Crippen LogP) is 2.45. The number of halogens is 1. The van der Waals surface area contributed by atoms with E-state index in [-0.39, 0.29) is 11.2 Å². The standard InChI is InChI=1S/C13H15FN2O/c1-9-11(14)3-10(5-15)4-12(9)16-6-13(2)7-17-8-13/h3-4,16H,6-8H2,1-2H3. The molecule has 0 radical (unpaired) electrons. The van der Waals surface area contributed by atoms with E-state index in [0.29, 0.717) is 16.8 Å². The maximum atomic E-state index is 13.5. The highest BCUT2D eigenvalue weighted by Crippen LogP contribution is 2.28. The lowest BCUT2D eigenvalue weighted by Crippen LogP contribution is -2.45. The monoisotopic (exact) mass is 234 g/mol. The van der Waals surface area contributed by atoms with Crippen LogP contribution >= 0.6 is 0 Å². The van der Waals surface area contributed by atoms with Crippen molar-refractivity contribution in [1.29, 1.82) is 5.26 Å². The van der Waals surface area contributed by atoms with Crippen LogP contribution in [0.3, 0.4) is 0 Å². The fourth-order valence-corrected chi connectivity index (χ4v) is 1.79. The number of anilines is 1. The highest BCUT2D eigenvalue weighted by Gasteiger charge is 2.33. The first-order valence-corrected chi connectivity index (χ1v) is 5.56. The van der Waals surface area contributed by atoms with Crippen LogP contribution in [0.15, 0.2) is 12.1 Å². The van der Waals surface area contributed by atoms with Gasteiger partial charge in [0.05, 0.1) is 24.8 Å². The van der Waals surface area contributed by atoms with E-state index in [9.17, 15) is 4.39 Å². The Kier molecular flexibility index (Phi) is 3.03. The lowest BCUT2D eigenvalue weighted by atomic mass is 9.88. The van der Waals surface area contributed by atoms with Gasteiger partial charge < -0.3 is 10.1 Å². The molecule has 1 aliphatic heterocycles. The minimum absolute atomic E-state index is 0.117. The second kappa shape index (κ2) is 4.34. The van der Waals surface area contributed by atoms with Crippen LogP contribution in [0.25, 0.3) is 0 Å². The van der Waals surface area contributed by atoms with Gasteiger partial charge in [0.15, 0.2) is 0 Å². The van der Waals surface area contributed by atoms with E-state index in [1.165, 1.54) is 6.07 Å². The van der Waals surface area contributed by atoms with Crippen LogP contribution in [-0.2, 0) is 4.74 Å². The van der Waals surface area contributed by atoms with Gasteiger partial charge in [-0.2, -0.15) is 5.26 Å². The molecule has 0 aromatic heterocycles. The van der Waals surface area contributed by atoms with Crippen molar-refractivity contribution in [3.05, 3.63) is 29.1 Å². The van der Waals surface area contributed by atoms with E-state index in [4.69, 9.17) is 10.00 Å². The number of nitriles is 1. The third kappa shape index (κ3) is 2.40. The molecular weight excluding hydrogens is 219 g/mol. The number of nitrogens with one attached hydrogen (secondary N) is 1. The predicted molar refractivity (Wildman–Crippen MR) is 63.3 cm³/mol. The zero-order valence-corrected chi connectivity index (χ0v) is 10.0. The molecule has 1 heterocycles. The average Bonchev–Trinajstić information content (AvgIpc) is 2.28. The molecule has 90 valence electrons. The second-order valence-corrected chi connectivity index (χ2v) is 4.90. The van der Waals surface area contributed by atoms with Crippen LogP contribution in [0, 0.1) is 29.5 Å². The largest absolute Gasteiger partial charge is 0.384 e. The van der Waals surface area contributed by atoms with Crippen molar-refractivity contribution in [2.45, 2.75) is 13.8 Å². The van der Waals surface area contributed by atoms with Crippen LogP contribution < -0.4 is 5.32 Å². The summed E-state index contributed by atoms with van der Waals surface area (Å²) in [6.07, 6.45) is 0. The zero-order chi connectivity index (χ0) is 12.5.